The highest BCUT2D eigenvalue weighted by Crippen LogP contribution is 2.28. The van der Waals surface area contributed by atoms with E-state index >= 15 is 0 Å². The monoisotopic (exact) mass is 298 g/mol. The van der Waals surface area contributed by atoms with Crippen LogP contribution < -0.4 is 5.32 Å². The molecule has 2 N–H and O–H groups in total. The molecule has 0 aliphatic carbocycles. The largest absolute Gasteiger partial charge is 0.396 e. The molecule has 0 fully saturated rings. The number of hydrogen-bond donors (Lipinski definition) is 2. The van der Waals surface area contributed by atoms with Crippen LogP contribution in [0.15, 0.2) is 23.1 Å². The van der Waals surface area contributed by atoms with E-state index in [1.54, 1.807) is 18.4 Å². The van der Waals surface area contributed by atoms with Gasteiger partial charge in [-0.15, -0.1) is 11.8 Å². The molecule has 1 aromatic carbocycles. The van der Waals surface area contributed by atoms with Gasteiger partial charge in [0.1, 0.15) is 0 Å². The van der Waals surface area contributed by atoms with E-state index in [1.165, 1.54) is 17.8 Å². The first-order valence-electron chi connectivity index (χ1n) is 6.27. The van der Waals surface area contributed by atoms with Crippen molar-refractivity contribution in [1.29, 1.82) is 0 Å². The van der Waals surface area contributed by atoms with Gasteiger partial charge in [0, 0.05) is 24.3 Å². The summed E-state index contributed by atoms with van der Waals surface area (Å²) in [5.74, 6) is -0.360. The van der Waals surface area contributed by atoms with E-state index in [0.29, 0.717) is 17.7 Å². The number of nitrogens with zero attached hydrogens (tertiary/aromatic N) is 1. The molecule has 0 spiro atoms. The van der Waals surface area contributed by atoms with Crippen molar-refractivity contribution in [3.63, 3.8) is 0 Å². The van der Waals surface area contributed by atoms with Crippen LogP contribution in [0.3, 0.4) is 0 Å². The number of aliphatic hydroxyl groups excluding tert-OH is 1. The van der Waals surface area contributed by atoms with Crippen LogP contribution in [0, 0.1) is 10.1 Å². The Hall–Kier alpha value is -1.60. The van der Waals surface area contributed by atoms with Crippen molar-refractivity contribution in [2.45, 2.75) is 30.7 Å². The van der Waals surface area contributed by atoms with Crippen molar-refractivity contribution in [2.24, 2.45) is 0 Å². The Morgan fingerprint density at radius 3 is 2.75 bits per heavy atom. The molecule has 1 unspecified atom stereocenters. The number of aliphatic hydroxyl groups is 1. The number of thioether (sulfide) groups is 1. The highest BCUT2D eigenvalue weighted by molar-refractivity contribution is 7.98. The Kier molecular flexibility index (Phi) is 6.47. The van der Waals surface area contributed by atoms with Gasteiger partial charge < -0.3 is 10.4 Å². The Labute approximate surface area is 121 Å². The van der Waals surface area contributed by atoms with Crippen molar-refractivity contribution < 1.29 is 14.8 Å². The van der Waals surface area contributed by atoms with Crippen molar-refractivity contribution in [3.8, 4) is 0 Å². The maximum absolute atomic E-state index is 12.0. The Morgan fingerprint density at radius 1 is 1.55 bits per heavy atom. The van der Waals surface area contributed by atoms with E-state index < -0.39 is 4.92 Å². The van der Waals surface area contributed by atoms with E-state index in [0.717, 1.165) is 0 Å². The number of benzene rings is 1. The van der Waals surface area contributed by atoms with Gasteiger partial charge in [-0.1, -0.05) is 6.92 Å². The quantitative estimate of drug-likeness (QED) is 0.457. The van der Waals surface area contributed by atoms with Crippen molar-refractivity contribution in [3.05, 3.63) is 33.9 Å². The van der Waals surface area contributed by atoms with Gasteiger partial charge in [0.05, 0.1) is 9.82 Å². The third kappa shape index (κ3) is 4.21. The van der Waals surface area contributed by atoms with Crippen molar-refractivity contribution in [2.75, 3.05) is 12.9 Å². The molecule has 20 heavy (non-hydrogen) atoms. The first-order valence-corrected chi connectivity index (χ1v) is 7.50. The minimum Gasteiger partial charge on any atom is -0.396 e. The molecule has 0 aliphatic heterocycles. The first-order chi connectivity index (χ1) is 9.53. The fourth-order valence-electron chi connectivity index (χ4n) is 1.78. The number of nitrogens with one attached hydrogen (secondary N) is 1. The molecule has 1 rings (SSSR count). The SMILES string of the molecule is CCC(CCO)NC(=O)c1ccc(SC)c([N+](=O)[O-])c1. The van der Waals surface area contributed by atoms with Gasteiger partial charge >= 0.3 is 0 Å². The molecular weight excluding hydrogens is 280 g/mol. The zero-order chi connectivity index (χ0) is 15.1. The third-order valence-electron chi connectivity index (χ3n) is 2.94. The van der Waals surface area contributed by atoms with Crippen LogP contribution >= 0.6 is 11.8 Å². The smallest absolute Gasteiger partial charge is 0.283 e. The number of hydrogen-bond acceptors (Lipinski definition) is 5. The Morgan fingerprint density at radius 2 is 2.25 bits per heavy atom. The molecule has 1 amide bonds. The summed E-state index contributed by atoms with van der Waals surface area (Å²) in [5, 5.41) is 22.6. The van der Waals surface area contributed by atoms with Crippen LogP contribution in [0.25, 0.3) is 0 Å². The van der Waals surface area contributed by atoms with E-state index in [9.17, 15) is 14.9 Å². The second-order valence-electron chi connectivity index (χ2n) is 4.23. The van der Waals surface area contributed by atoms with Gasteiger partial charge in [-0.3, -0.25) is 14.9 Å². The molecule has 0 aliphatic rings. The number of carbonyl (C=O) groups is 1. The summed E-state index contributed by atoms with van der Waals surface area (Å²) in [5.41, 5.74) is 0.186. The fraction of sp³-hybridized carbons (Fsp3) is 0.462. The van der Waals surface area contributed by atoms with Crippen LogP contribution in [-0.2, 0) is 0 Å². The minimum atomic E-state index is -0.492. The Balaban J connectivity index is 2.93. The van der Waals surface area contributed by atoms with Gasteiger partial charge in [0.15, 0.2) is 0 Å². The van der Waals surface area contributed by atoms with Crippen LogP contribution in [0.2, 0.25) is 0 Å². The number of rotatable bonds is 7. The topological polar surface area (TPSA) is 92.5 Å². The van der Waals surface area contributed by atoms with Crippen molar-refractivity contribution in [1.82, 2.24) is 5.32 Å². The lowest BCUT2D eigenvalue weighted by molar-refractivity contribution is -0.387. The predicted octanol–water partition coefficient (Wildman–Crippen LogP) is 2.21. The molecule has 0 saturated heterocycles. The number of nitro benzene ring substituents is 1. The summed E-state index contributed by atoms with van der Waals surface area (Å²) in [6.07, 6.45) is 2.90. The maximum Gasteiger partial charge on any atom is 0.283 e. The van der Waals surface area contributed by atoms with Crippen LogP contribution in [0.1, 0.15) is 30.1 Å². The normalized spacial score (nSPS) is 11.9. The van der Waals surface area contributed by atoms with Gasteiger partial charge in [-0.05, 0) is 31.2 Å². The van der Waals surface area contributed by atoms with E-state index in [2.05, 4.69) is 5.32 Å². The zero-order valence-corrected chi connectivity index (χ0v) is 12.3. The molecule has 7 heteroatoms. The highest BCUT2D eigenvalue weighted by Gasteiger charge is 2.18. The number of amides is 1. The molecule has 0 aromatic heterocycles. The molecule has 110 valence electrons. The standard InChI is InChI=1S/C13H18N2O4S/c1-3-10(6-7-16)14-13(17)9-4-5-12(20-2)11(8-9)15(18)19/h4-5,8,10,16H,3,6-7H2,1-2H3,(H,14,17). The first kappa shape index (κ1) is 16.5. The lowest BCUT2D eigenvalue weighted by Gasteiger charge is -2.15. The molecule has 0 bridgehead atoms. The third-order valence-corrected chi connectivity index (χ3v) is 3.73. The van der Waals surface area contributed by atoms with Gasteiger partial charge in [0.2, 0.25) is 0 Å². The minimum absolute atomic E-state index is 0.00958. The summed E-state index contributed by atoms with van der Waals surface area (Å²) in [4.78, 5) is 23.0. The Bertz CT molecular complexity index is 493. The lowest BCUT2D eigenvalue weighted by Crippen LogP contribution is -2.35. The van der Waals surface area contributed by atoms with Gasteiger partial charge in [-0.25, -0.2) is 0 Å². The molecule has 0 heterocycles. The second-order valence-corrected chi connectivity index (χ2v) is 5.08. The fourth-order valence-corrected chi connectivity index (χ4v) is 2.32. The van der Waals surface area contributed by atoms with Crippen LogP contribution in [0.4, 0.5) is 5.69 Å². The summed E-state index contributed by atoms with van der Waals surface area (Å²) in [7, 11) is 0. The summed E-state index contributed by atoms with van der Waals surface area (Å²) in [6, 6.07) is 4.30. The molecule has 6 nitrogen and oxygen atoms in total. The number of carbonyl (C=O) groups excluding carboxylic acids is 1. The van der Waals surface area contributed by atoms with E-state index in [1.807, 2.05) is 6.92 Å². The molecule has 1 atom stereocenters. The highest BCUT2D eigenvalue weighted by atomic mass is 32.2. The summed E-state index contributed by atoms with van der Waals surface area (Å²) < 4.78 is 0. The van der Waals surface area contributed by atoms with Crippen LogP contribution in [-0.4, -0.2) is 34.8 Å². The molecule has 0 radical (unpaired) electrons. The summed E-state index contributed by atoms with van der Waals surface area (Å²) in [6.45, 7) is 1.89. The van der Waals surface area contributed by atoms with E-state index in [-0.39, 0.29) is 29.8 Å². The van der Waals surface area contributed by atoms with Crippen LogP contribution in [0.5, 0.6) is 0 Å². The second kappa shape index (κ2) is 7.86. The lowest BCUT2D eigenvalue weighted by atomic mass is 10.1. The average Bonchev–Trinajstić information content (AvgIpc) is 2.45. The maximum atomic E-state index is 12.0. The summed E-state index contributed by atoms with van der Waals surface area (Å²) >= 11 is 1.26. The van der Waals surface area contributed by atoms with Gasteiger partial charge in [-0.2, -0.15) is 0 Å². The molecule has 1 aromatic rings. The van der Waals surface area contributed by atoms with Crippen molar-refractivity contribution >= 4 is 23.4 Å². The van der Waals surface area contributed by atoms with Gasteiger partial charge in [0.25, 0.3) is 11.6 Å². The molecular formula is C13H18N2O4S. The predicted molar refractivity (Wildman–Crippen MR) is 78.1 cm³/mol. The van der Waals surface area contributed by atoms with E-state index in [4.69, 9.17) is 5.11 Å². The molecule has 0 saturated carbocycles. The zero-order valence-electron chi connectivity index (χ0n) is 11.5. The average molecular weight is 298 g/mol. The number of nitro groups is 1.